The van der Waals surface area contributed by atoms with Crippen molar-refractivity contribution in [3.05, 3.63) is 23.4 Å². The van der Waals surface area contributed by atoms with Crippen molar-refractivity contribution in [2.75, 3.05) is 12.3 Å². The van der Waals surface area contributed by atoms with Crippen LogP contribution in [0.1, 0.15) is 68.9 Å². The lowest BCUT2D eigenvalue weighted by atomic mass is 9.84. The Morgan fingerprint density at radius 1 is 1.23 bits per heavy atom. The highest BCUT2D eigenvalue weighted by molar-refractivity contribution is 5.90. The molecule has 1 aliphatic heterocycles. The molecular formula is C23H36N5O2+. The van der Waals surface area contributed by atoms with Gasteiger partial charge in [-0.15, -0.1) is 0 Å². The first-order valence-corrected chi connectivity index (χ1v) is 11.5. The van der Waals surface area contributed by atoms with Gasteiger partial charge in [-0.3, -0.25) is 4.79 Å². The first kappa shape index (κ1) is 21.2. The molecule has 7 heteroatoms. The number of anilines is 1. The fraction of sp³-hybridized carbons (Fsp3) is 0.696. The topological polar surface area (TPSA) is 125 Å². The van der Waals surface area contributed by atoms with Crippen LogP contribution in [0.15, 0.2) is 12.3 Å². The van der Waals surface area contributed by atoms with E-state index in [4.69, 9.17) is 17.2 Å². The summed E-state index contributed by atoms with van der Waals surface area (Å²) >= 11 is 0. The van der Waals surface area contributed by atoms with Crippen LogP contribution in [0.3, 0.4) is 0 Å². The Bertz CT molecular complexity index is 837. The number of likely N-dealkylation sites (tertiary alicyclic amines) is 1. The second-order valence-electron chi connectivity index (χ2n) is 9.91. The zero-order chi connectivity index (χ0) is 21.5. The number of aromatic nitrogens is 1. The van der Waals surface area contributed by atoms with Gasteiger partial charge in [0.2, 0.25) is 0 Å². The largest absolute Gasteiger partial charge is 0.383 e. The molecule has 1 saturated heterocycles. The summed E-state index contributed by atoms with van der Waals surface area (Å²) in [6.07, 6.45) is 11.0. The first-order valence-electron chi connectivity index (χ1n) is 11.5. The van der Waals surface area contributed by atoms with Crippen LogP contribution in [0, 0.1) is 18.8 Å². The number of nitrogen functional groups attached to an aromatic ring is 1. The van der Waals surface area contributed by atoms with E-state index in [0.29, 0.717) is 37.7 Å². The van der Waals surface area contributed by atoms with E-state index in [0.717, 1.165) is 36.8 Å². The van der Waals surface area contributed by atoms with Gasteiger partial charge < -0.3 is 17.2 Å². The van der Waals surface area contributed by atoms with E-state index < -0.39 is 11.6 Å². The highest BCUT2D eigenvalue weighted by Crippen LogP contribution is 2.59. The van der Waals surface area contributed by atoms with Crippen LogP contribution < -0.4 is 17.2 Å². The molecule has 30 heavy (non-hydrogen) atoms. The van der Waals surface area contributed by atoms with E-state index in [9.17, 15) is 9.59 Å². The fourth-order valence-electron chi connectivity index (χ4n) is 6.35. The van der Waals surface area contributed by atoms with Crippen molar-refractivity contribution < 1.29 is 14.1 Å². The number of carbonyl (C=O) groups excluding carboxylic acids is 2. The summed E-state index contributed by atoms with van der Waals surface area (Å²) in [5, 5.41) is 0. The molecule has 4 atom stereocenters. The van der Waals surface area contributed by atoms with Crippen molar-refractivity contribution in [1.29, 1.82) is 0 Å². The van der Waals surface area contributed by atoms with Crippen molar-refractivity contribution in [3.63, 3.8) is 0 Å². The van der Waals surface area contributed by atoms with Gasteiger partial charge in [-0.1, -0.05) is 32.1 Å². The Balaban J connectivity index is 1.67. The molecule has 1 aromatic heterocycles. The molecule has 0 bridgehead atoms. The van der Waals surface area contributed by atoms with Crippen LogP contribution in [0.25, 0.3) is 0 Å². The first-order chi connectivity index (χ1) is 14.3. The maximum atomic E-state index is 14.0. The van der Waals surface area contributed by atoms with E-state index >= 15 is 0 Å². The van der Waals surface area contributed by atoms with Crippen molar-refractivity contribution in [1.82, 2.24) is 4.98 Å². The summed E-state index contributed by atoms with van der Waals surface area (Å²) in [6.45, 7) is 2.93. The molecule has 0 radical (unpaired) electrons. The number of amides is 2. The number of carbonyl (C=O) groups is 2. The summed E-state index contributed by atoms with van der Waals surface area (Å²) in [7, 11) is 0. The average Bonchev–Trinajstić information content (AvgIpc) is 3.48. The quantitative estimate of drug-likeness (QED) is 0.615. The van der Waals surface area contributed by atoms with Crippen molar-refractivity contribution >= 4 is 17.6 Å². The number of nitrogens with zero attached hydrogens (tertiary/aromatic N) is 2. The van der Waals surface area contributed by atoms with Crippen LogP contribution in [-0.2, 0) is 16.1 Å². The van der Waals surface area contributed by atoms with Crippen LogP contribution in [0.5, 0.6) is 0 Å². The van der Waals surface area contributed by atoms with Gasteiger partial charge in [0.25, 0.3) is 5.91 Å². The predicted octanol–water partition coefficient (Wildman–Crippen LogP) is 2.15. The Hall–Kier alpha value is -1.99. The van der Waals surface area contributed by atoms with Crippen LogP contribution in [0.2, 0.25) is 0 Å². The fourth-order valence-corrected chi connectivity index (χ4v) is 6.35. The minimum atomic E-state index is -0.811. The lowest BCUT2D eigenvalue weighted by Gasteiger charge is -2.46. The standard InChI is InChI=1S/C23H35N5O2/c1-15-10-17(13-27-20(15)25)14-28(9-5-8-18-12-23(18,28)22(26)30)21(29)19(24)11-16-6-3-2-4-7-16/h10,13,16,18-19H,2-9,11-12,14,24H2,1H3,(H3-,25,26,27,30)/p+1/t18-,19-,23+,28?/m1/s1. The number of aryl methyl sites for hydroxylation is 1. The lowest BCUT2D eigenvalue weighted by Crippen LogP contribution is -2.70. The molecule has 0 aromatic carbocycles. The molecule has 3 fully saturated rings. The molecule has 2 aliphatic carbocycles. The number of piperidine rings is 1. The molecule has 6 N–H and O–H groups in total. The van der Waals surface area contributed by atoms with Gasteiger partial charge in [0.05, 0.1) is 6.54 Å². The Morgan fingerprint density at radius 3 is 2.63 bits per heavy atom. The molecule has 2 saturated carbocycles. The Kier molecular flexibility index (Phi) is 5.62. The van der Waals surface area contributed by atoms with E-state index in [1.807, 2.05) is 13.0 Å². The molecule has 2 heterocycles. The van der Waals surface area contributed by atoms with Crippen molar-refractivity contribution in [2.24, 2.45) is 23.3 Å². The molecule has 7 nitrogen and oxygen atoms in total. The number of fused-ring (bicyclic) bond motifs is 1. The third-order valence-electron chi connectivity index (χ3n) is 8.03. The summed E-state index contributed by atoms with van der Waals surface area (Å²) in [4.78, 5) is 31.0. The van der Waals surface area contributed by atoms with Gasteiger partial charge in [0.1, 0.15) is 18.4 Å². The van der Waals surface area contributed by atoms with Gasteiger partial charge in [0, 0.05) is 24.1 Å². The molecule has 1 unspecified atom stereocenters. The Morgan fingerprint density at radius 2 is 1.97 bits per heavy atom. The van der Waals surface area contributed by atoms with E-state index in [1.54, 1.807) is 6.20 Å². The number of pyridine rings is 1. The number of nitrogens with two attached hydrogens (primary N) is 3. The highest BCUT2D eigenvalue weighted by atomic mass is 16.2. The second kappa shape index (κ2) is 7.93. The lowest BCUT2D eigenvalue weighted by molar-refractivity contribution is -0.900. The SMILES string of the molecule is Cc1cc(C[N+]2(C(=O)[C@H](N)CC3CCCCC3)CCC[C@@H]3C[C@@]32C(N)=O)cnc1N. The maximum Gasteiger partial charge on any atom is 0.331 e. The molecule has 2 amide bonds. The van der Waals surface area contributed by atoms with Gasteiger partial charge in [-0.05, 0) is 43.7 Å². The number of hydrogen-bond acceptors (Lipinski definition) is 5. The molecule has 4 rings (SSSR count). The van der Waals surface area contributed by atoms with E-state index in [-0.39, 0.29) is 22.2 Å². The molecule has 164 valence electrons. The average molecular weight is 415 g/mol. The molecule has 1 aromatic rings. The summed E-state index contributed by atoms with van der Waals surface area (Å²) < 4.78 is 0.0614. The Labute approximate surface area is 179 Å². The summed E-state index contributed by atoms with van der Waals surface area (Å²) in [5.74, 6) is 0.791. The van der Waals surface area contributed by atoms with Crippen molar-refractivity contribution in [2.45, 2.75) is 82.8 Å². The minimum Gasteiger partial charge on any atom is -0.383 e. The van der Waals surface area contributed by atoms with Crippen molar-refractivity contribution in [3.8, 4) is 0 Å². The smallest absolute Gasteiger partial charge is 0.331 e. The predicted molar refractivity (Wildman–Crippen MR) is 116 cm³/mol. The van der Waals surface area contributed by atoms with Crippen LogP contribution >= 0.6 is 0 Å². The van der Waals surface area contributed by atoms with Crippen LogP contribution in [-0.4, -0.2) is 39.4 Å². The summed E-state index contributed by atoms with van der Waals surface area (Å²) in [6, 6.07) is 1.41. The van der Waals surface area contributed by atoms with Gasteiger partial charge in [-0.25, -0.2) is 14.3 Å². The zero-order valence-electron chi connectivity index (χ0n) is 18.1. The normalized spacial score (nSPS) is 32.3. The van der Waals surface area contributed by atoms with E-state index in [2.05, 4.69) is 4.98 Å². The number of rotatable bonds is 6. The number of quaternary nitrogens is 1. The maximum absolute atomic E-state index is 14.0. The van der Waals surface area contributed by atoms with Gasteiger partial charge in [0.15, 0.2) is 5.54 Å². The third kappa shape index (κ3) is 3.42. The number of hydrogen-bond donors (Lipinski definition) is 3. The summed E-state index contributed by atoms with van der Waals surface area (Å²) in [5.41, 5.74) is 19.4. The second-order valence-corrected chi connectivity index (χ2v) is 9.91. The van der Waals surface area contributed by atoms with Gasteiger partial charge in [-0.2, -0.15) is 0 Å². The third-order valence-corrected chi connectivity index (χ3v) is 8.03. The van der Waals surface area contributed by atoms with Gasteiger partial charge >= 0.3 is 5.91 Å². The minimum absolute atomic E-state index is 0.0175. The highest BCUT2D eigenvalue weighted by Gasteiger charge is 2.76. The van der Waals surface area contributed by atoms with E-state index in [1.165, 1.54) is 19.3 Å². The zero-order valence-corrected chi connectivity index (χ0v) is 18.1. The van der Waals surface area contributed by atoms with Crippen LogP contribution in [0.4, 0.5) is 5.82 Å². The molecular weight excluding hydrogens is 378 g/mol. The molecule has 3 aliphatic rings. The number of primary amides is 1. The monoisotopic (exact) mass is 414 g/mol. The molecule has 0 spiro atoms.